The van der Waals surface area contributed by atoms with Gasteiger partial charge in [-0.1, -0.05) is 65.3 Å². The van der Waals surface area contributed by atoms with Gasteiger partial charge in [0.1, 0.15) is 4.75 Å². The quantitative estimate of drug-likeness (QED) is 0.260. The Morgan fingerprint density at radius 1 is 1.05 bits per heavy atom. The zero-order valence-corrected chi connectivity index (χ0v) is 25.3. The van der Waals surface area contributed by atoms with Crippen LogP contribution in [0.3, 0.4) is 0 Å². The molecule has 0 radical (unpaired) electrons. The van der Waals surface area contributed by atoms with Gasteiger partial charge < -0.3 is 9.45 Å². The molecule has 1 saturated heterocycles. The summed E-state index contributed by atoms with van der Waals surface area (Å²) in [5, 5.41) is 1.05. The molecular formula is C29H31Cl2N5OS2. The molecule has 1 aliphatic heterocycles. The van der Waals surface area contributed by atoms with Crippen molar-refractivity contribution < 1.29 is 4.55 Å². The number of halogens is 2. The van der Waals surface area contributed by atoms with E-state index in [0.717, 1.165) is 47.2 Å². The number of anilines is 1. The van der Waals surface area contributed by atoms with E-state index in [4.69, 9.17) is 28.2 Å². The highest BCUT2D eigenvalue weighted by atomic mass is 35.5. The number of fused-ring (bicyclic) bond motifs is 2. The summed E-state index contributed by atoms with van der Waals surface area (Å²) < 4.78 is 18.6. The molecule has 1 unspecified atom stereocenters. The van der Waals surface area contributed by atoms with Crippen molar-refractivity contribution in [2.75, 3.05) is 18.0 Å². The Hall–Kier alpha value is -1.94. The Morgan fingerprint density at radius 2 is 1.79 bits per heavy atom. The highest BCUT2D eigenvalue weighted by Gasteiger charge is 2.50. The molecule has 10 heteroatoms. The van der Waals surface area contributed by atoms with Gasteiger partial charge in [0.05, 0.1) is 21.0 Å². The van der Waals surface area contributed by atoms with Crippen LogP contribution >= 0.6 is 35.0 Å². The molecule has 204 valence electrons. The molecule has 1 aliphatic carbocycles. The molecule has 0 amide bonds. The second-order valence-corrected chi connectivity index (χ2v) is 15.3. The van der Waals surface area contributed by atoms with Crippen molar-refractivity contribution in [3.05, 3.63) is 82.2 Å². The zero-order chi connectivity index (χ0) is 27.4. The third-order valence-electron chi connectivity index (χ3n) is 7.82. The molecule has 39 heavy (non-hydrogen) atoms. The average molecular weight is 601 g/mol. The standard InChI is InChI=1S/C29H31Cl2N5OS2/c1-28(2,3)39(37)34-24-18-35(13-11-29(24)15-19-7-4-5-8-20(19)16-29)27-33-17-23(26-32-12-14-36(26)27)38-22-10-6-9-21(30)25(22)31/h4-10,12,14,17,24,34H,11,13,15-16,18H2,1-3H3/t24?,39-/m1/s1. The van der Waals surface area contributed by atoms with Crippen LogP contribution in [0.4, 0.5) is 5.95 Å². The predicted molar refractivity (Wildman–Crippen MR) is 162 cm³/mol. The van der Waals surface area contributed by atoms with E-state index in [1.54, 1.807) is 12.3 Å². The van der Waals surface area contributed by atoms with Crippen molar-refractivity contribution in [3.8, 4) is 0 Å². The van der Waals surface area contributed by atoms with Gasteiger partial charge in [0.25, 0.3) is 0 Å². The SMILES string of the molecule is CC(C)(C)[S@@+]([O-])NC1CN(c2ncc(Sc3cccc(Cl)c3Cl)c3nccn23)CCC12Cc1ccccc1C2. The number of benzene rings is 2. The first kappa shape index (κ1) is 27.2. The number of hydrogen-bond acceptors (Lipinski definition) is 6. The van der Waals surface area contributed by atoms with Crippen LogP contribution in [0.2, 0.25) is 10.0 Å². The lowest BCUT2D eigenvalue weighted by Gasteiger charge is -2.46. The maximum absolute atomic E-state index is 13.4. The predicted octanol–water partition coefficient (Wildman–Crippen LogP) is 6.60. The normalized spacial score (nSPS) is 19.5. The highest BCUT2D eigenvalue weighted by Crippen LogP contribution is 2.46. The minimum absolute atomic E-state index is 0.0221. The summed E-state index contributed by atoms with van der Waals surface area (Å²) >= 11 is 13.0. The molecule has 2 aliphatic rings. The van der Waals surface area contributed by atoms with E-state index < -0.39 is 11.4 Å². The van der Waals surface area contributed by atoms with Crippen molar-refractivity contribution in [2.24, 2.45) is 5.41 Å². The molecule has 0 saturated carbocycles. The Labute approximate surface area is 246 Å². The largest absolute Gasteiger partial charge is 0.598 e. The smallest absolute Gasteiger partial charge is 0.211 e. The van der Waals surface area contributed by atoms with Crippen molar-refractivity contribution >= 4 is 57.9 Å². The number of hydrogen-bond donors (Lipinski definition) is 1. The van der Waals surface area contributed by atoms with Crippen molar-refractivity contribution in [1.29, 1.82) is 0 Å². The highest BCUT2D eigenvalue weighted by molar-refractivity contribution is 7.99. The van der Waals surface area contributed by atoms with Gasteiger partial charge in [-0.25, -0.2) is 9.97 Å². The van der Waals surface area contributed by atoms with Gasteiger partial charge in [-0.2, -0.15) is 0 Å². The van der Waals surface area contributed by atoms with Crippen LogP contribution in [0.1, 0.15) is 38.3 Å². The first-order chi connectivity index (χ1) is 18.6. The molecule has 4 aromatic rings. The molecule has 1 spiro atoms. The minimum Gasteiger partial charge on any atom is -0.598 e. The molecule has 2 aromatic heterocycles. The first-order valence-electron chi connectivity index (χ1n) is 13.1. The number of nitrogens with zero attached hydrogens (tertiary/aromatic N) is 4. The number of imidazole rings is 1. The van der Waals surface area contributed by atoms with Gasteiger partial charge in [0.2, 0.25) is 5.95 Å². The average Bonchev–Trinajstić information content (AvgIpc) is 3.53. The van der Waals surface area contributed by atoms with Gasteiger partial charge in [0.15, 0.2) is 5.65 Å². The maximum atomic E-state index is 13.4. The van der Waals surface area contributed by atoms with Crippen LogP contribution in [0.15, 0.2) is 70.8 Å². The lowest BCUT2D eigenvalue weighted by atomic mass is 9.72. The minimum atomic E-state index is -1.19. The third-order valence-corrected chi connectivity index (χ3v) is 11.4. The van der Waals surface area contributed by atoms with E-state index in [1.165, 1.54) is 22.9 Å². The van der Waals surface area contributed by atoms with E-state index >= 15 is 0 Å². The number of nitrogens with one attached hydrogen (secondary N) is 1. The topological polar surface area (TPSA) is 68.5 Å². The third kappa shape index (κ3) is 5.16. The molecule has 6 rings (SSSR count). The van der Waals surface area contributed by atoms with E-state index in [-0.39, 0.29) is 16.2 Å². The van der Waals surface area contributed by atoms with Gasteiger partial charge >= 0.3 is 0 Å². The fourth-order valence-corrected chi connectivity index (χ4v) is 8.04. The Balaban J connectivity index is 1.31. The van der Waals surface area contributed by atoms with E-state index in [9.17, 15) is 4.55 Å². The van der Waals surface area contributed by atoms with E-state index in [1.807, 2.05) is 49.7 Å². The van der Waals surface area contributed by atoms with Crippen molar-refractivity contribution in [2.45, 2.75) is 60.6 Å². The molecule has 1 N–H and O–H groups in total. The summed E-state index contributed by atoms with van der Waals surface area (Å²) in [6.07, 6.45) is 8.60. The number of rotatable bonds is 5. The van der Waals surface area contributed by atoms with E-state index in [0.29, 0.717) is 16.6 Å². The molecule has 0 bridgehead atoms. The van der Waals surface area contributed by atoms with Crippen LogP contribution < -0.4 is 9.62 Å². The second-order valence-electron chi connectivity index (χ2n) is 11.4. The Kier molecular flexibility index (Phi) is 7.31. The first-order valence-corrected chi connectivity index (χ1v) is 15.8. The molecule has 2 atom stereocenters. The van der Waals surface area contributed by atoms with Crippen LogP contribution in [-0.2, 0) is 24.2 Å². The van der Waals surface area contributed by atoms with Crippen LogP contribution in [-0.4, -0.2) is 42.8 Å². The summed E-state index contributed by atoms with van der Waals surface area (Å²) in [6, 6.07) is 14.4. The summed E-state index contributed by atoms with van der Waals surface area (Å²) in [4.78, 5) is 13.6. The summed E-state index contributed by atoms with van der Waals surface area (Å²) in [6.45, 7) is 7.63. The maximum Gasteiger partial charge on any atom is 0.211 e. The van der Waals surface area contributed by atoms with Gasteiger partial charge in [-0.15, -0.1) is 4.72 Å². The number of piperidine rings is 1. The molecule has 2 aromatic carbocycles. The fraction of sp³-hybridized carbons (Fsp3) is 0.379. The Morgan fingerprint density at radius 3 is 2.51 bits per heavy atom. The van der Waals surface area contributed by atoms with E-state index in [2.05, 4.69) is 38.9 Å². The van der Waals surface area contributed by atoms with Crippen molar-refractivity contribution in [1.82, 2.24) is 19.1 Å². The number of aromatic nitrogens is 3. The summed E-state index contributed by atoms with van der Waals surface area (Å²) in [5.74, 6) is 0.836. The molecule has 1 fully saturated rings. The summed E-state index contributed by atoms with van der Waals surface area (Å²) in [5.41, 5.74) is 3.66. The lowest BCUT2D eigenvalue weighted by Crippen LogP contribution is -2.61. The molecule has 6 nitrogen and oxygen atoms in total. The zero-order valence-electron chi connectivity index (χ0n) is 22.2. The monoisotopic (exact) mass is 599 g/mol. The van der Waals surface area contributed by atoms with Crippen LogP contribution in [0.5, 0.6) is 0 Å². The summed E-state index contributed by atoms with van der Waals surface area (Å²) in [7, 11) is 0. The second kappa shape index (κ2) is 10.5. The van der Waals surface area contributed by atoms with Gasteiger partial charge in [-0.05, 0) is 63.3 Å². The Bertz CT molecular complexity index is 1500. The fourth-order valence-electron chi connectivity index (χ4n) is 5.70. The molecular weight excluding hydrogens is 569 g/mol. The van der Waals surface area contributed by atoms with Gasteiger partial charge in [-0.3, -0.25) is 4.40 Å². The lowest BCUT2D eigenvalue weighted by molar-refractivity contribution is 0.179. The van der Waals surface area contributed by atoms with Crippen molar-refractivity contribution in [3.63, 3.8) is 0 Å². The van der Waals surface area contributed by atoms with Gasteiger partial charge in [0, 0.05) is 53.4 Å². The van der Waals surface area contributed by atoms with Crippen LogP contribution in [0.25, 0.3) is 5.65 Å². The molecule has 3 heterocycles. The van der Waals surface area contributed by atoms with Crippen LogP contribution in [0, 0.1) is 5.41 Å².